The second-order valence-corrected chi connectivity index (χ2v) is 6.72. The standard InChI is InChI=1S/C20H22FN3O4/c1-28-19-12-17(6-7-18(19)24(26)27)23-10-8-15(9-11-23)20(25)22-13-14-2-4-16(21)5-3-14/h2-7,12,15H,8-11,13H2,1H3,(H,22,25). The molecule has 1 aliphatic rings. The summed E-state index contributed by atoms with van der Waals surface area (Å²) in [5.41, 5.74) is 1.62. The molecule has 2 aromatic carbocycles. The third kappa shape index (κ3) is 4.57. The number of nitrogens with zero attached hydrogens (tertiary/aromatic N) is 2. The Labute approximate surface area is 162 Å². The van der Waals surface area contributed by atoms with Crippen molar-refractivity contribution in [2.45, 2.75) is 19.4 Å². The van der Waals surface area contributed by atoms with Crippen LogP contribution in [0.15, 0.2) is 42.5 Å². The second kappa shape index (κ2) is 8.69. The number of piperidine rings is 1. The summed E-state index contributed by atoms with van der Waals surface area (Å²) in [6.07, 6.45) is 1.38. The van der Waals surface area contributed by atoms with Gasteiger partial charge < -0.3 is 15.0 Å². The zero-order valence-corrected chi connectivity index (χ0v) is 15.6. The summed E-state index contributed by atoms with van der Waals surface area (Å²) < 4.78 is 18.1. The largest absolute Gasteiger partial charge is 0.490 e. The van der Waals surface area contributed by atoms with Gasteiger partial charge in [-0.3, -0.25) is 14.9 Å². The Morgan fingerprint density at radius 1 is 1.25 bits per heavy atom. The van der Waals surface area contributed by atoms with Crippen LogP contribution in [-0.2, 0) is 11.3 Å². The van der Waals surface area contributed by atoms with Crippen molar-refractivity contribution in [2.75, 3.05) is 25.1 Å². The molecule has 0 saturated carbocycles. The minimum Gasteiger partial charge on any atom is -0.490 e. The molecule has 2 aromatic rings. The van der Waals surface area contributed by atoms with Crippen LogP contribution in [0.4, 0.5) is 15.8 Å². The summed E-state index contributed by atoms with van der Waals surface area (Å²) >= 11 is 0. The first-order valence-electron chi connectivity index (χ1n) is 9.07. The lowest BCUT2D eigenvalue weighted by Crippen LogP contribution is -2.40. The highest BCUT2D eigenvalue weighted by atomic mass is 19.1. The molecule has 1 saturated heterocycles. The van der Waals surface area contributed by atoms with Crippen molar-refractivity contribution in [3.8, 4) is 5.75 Å². The zero-order valence-electron chi connectivity index (χ0n) is 15.6. The fraction of sp³-hybridized carbons (Fsp3) is 0.350. The number of amides is 1. The molecule has 1 fully saturated rings. The average molecular weight is 387 g/mol. The Morgan fingerprint density at radius 3 is 2.54 bits per heavy atom. The van der Waals surface area contributed by atoms with E-state index in [9.17, 15) is 19.3 Å². The highest BCUT2D eigenvalue weighted by Crippen LogP contribution is 2.33. The maximum atomic E-state index is 12.9. The molecule has 0 spiro atoms. The molecular formula is C20H22FN3O4. The third-order valence-electron chi connectivity index (χ3n) is 4.97. The van der Waals surface area contributed by atoms with Gasteiger partial charge in [-0.25, -0.2) is 4.39 Å². The van der Waals surface area contributed by atoms with E-state index in [2.05, 4.69) is 10.2 Å². The van der Waals surface area contributed by atoms with Crippen LogP contribution < -0.4 is 15.0 Å². The van der Waals surface area contributed by atoms with Gasteiger partial charge in [-0.05, 0) is 36.6 Å². The number of nitro benzene ring substituents is 1. The maximum Gasteiger partial charge on any atom is 0.311 e. The number of nitrogens with one attached hydrogen (secondary N) is 1. The number of methoxy groups -OCH3 is 1. The van der Waals surface area contributed by atoms with E-state index in [1.807, 2.05) is 0 Å². The summed E-state index contributed by atoms with van der Waals surface area (Å²) in [5, 5.41) is 13.9. The summed E-state index contributed by atoms with van der Waals surface area (Å²) in [6.45, 7) is 1.73. The lowest BCUT2D eigenvalue weighted by molar-refractivity contribution is -0.385. The van der Waals surface area contributed by atoms with E-state index in [-0.39, 0.29) is 29.1 Å². The highest BCUT2D eigenvalue weighted by molar-refractivity contribution is 5.79. The van der Waals surface area contributed by atoms with E-state index in [1.54, 1.807) is 24.3 Å². The van der Waals surface area contributed by atoms with Crippen molar-refractivity contribution in [2.24, 2.45) is 5.92 Å². The monoisotopic (exact) mass is 387 g/mol. The molecule has 0 aromatic heterocycles. The number of hydrogen-bond acceptors (Lipinski definition) is 5. The number of benzene rings is 2. The molecule has 0 bridgehead atoms. The van der Waals surface area contributed by atoms with Crippen molar-refractivity contribution in [3.63, 3.8) is 0 Å². The minimum absolute atomic E-state index is 0.00902. The first kappa shape index (κ1) is 19.6. The van der Waals surface area contributed by atoms with Crippen molar-refractivity contribution < 1.29 is 18.8 Å². The van der Waals surface area contributed by atoms with E-state index in [0.29, 0.717) is 32.5 Å². The molecule has 1 N–H and O–H groups in total. The van der Waals surface area contributed by atoms with Crippen molar-refractivity contribution >= 4 is 17.3 Å². The summed E-state index contributed by atoms with van der Waals surface area (Å²) in [5.74, 6) is -0.172. The molecule has 148 valence electrons. The molecular weight excluding hydrogens is 365 g/mol. The molecule has 0 aliphatic carbocycles. The van der Waals surface area contributed by atoms with Crippen LogP contribution in [0.2, 0.25) is 0 Å². The molecule has 0 radical (unpaired) electrons. The number of halogens is 1. The van der Waals surface area contributed by atoms with Crippen LogP contribution in [0.1, 0.15) is 18.4 Å². The Morgan fingerprint density at radius 2 is 1.93 bits per heavy atom. The maximum absolute atomic E-state index is 12.9. The van der Waals surface area contributed by atoms with Gasteiger partial charge >= 0.3 is 5.69 Å². The molecule has 3 rings (SSSR count). The number of anilines is 1. The molecule has 1 amide bonds. The fourth-order valence-electron chi connectivity index (χ4n) is 3.35. The first-order chi connectivity index (χ1) is 13.5. The van der Waals surface area contributed by atoms with Crippen LogP contribution in [0, 0.1) is 21.8 Å². The van der Waals surface area contributed by atoms with Crippen molar-refractivity contribution in [1.29, 1.82) is 0 Å². The molecule has 0 unspecified atom stereocenters. The van der Waals surface area contributed by atoms with Gasteiger partial charge in [-0.1, -0.05) is 12.1 Å². The number of carbonyl (C=O) groups excluding carboxylic acids is 1. The predicted molar refractivity (Wildman–Crippen MR) is 103 cm³/mol. The Kier molecular flexibility index (Phi) is 6.08. The van der Waals surface area contributed by atoms with E-state index in [1.165, 1.54) is 25.3 Å². The van der Waals surface area contributed by atoms with Gasteiger partial charge in [0.15, 0.2) is 5.75 Å². The highest BCUT2D eigenvalue weighted by Gasteiger charge is 2.26. The average Bonchev–Trinajstić information content (AvgIpc) is 2.72. The van der Waals surface area contributed by atoms with Crippen LogP contribution in [0.5, 0.6) is 5.75 Å². The number of hydrogen-bond donors (Lipinski definition) is 1. The lowest BCUT2D eigenvalue weighted by Gasteiger charge is -2.33. The van der Waals surface area contributed by atoms with Gasteiger partial charge in [-0.15, -0.1) is 0 Å². The van der Waals surface area contributed by atoms with Gasteiger partial charge in [0.05, 0.1) is 12.0 Å². The topological polar surface area (TPSA) is 84.7 Å². The van der Waals surface area contributed by atoms with Crippen LogP contribution in [0.3, 0.4) is 0 Å². The third-order valence-corrected chi connectivity index (χ3v) is 4.97. The Balaban J connectivity index is 1.54. The van der Waals surface area contributed by atoms with Crippen LogP contribution >= 0.6 is 0 Å². The Hall–Kier alpha value is -3.16. The van der Waals surface area contributed by atoms with E-state index in [0.717, 1.165) is 11.3 Å². The fourth-order valence-corrected chi connectivity index (χ4v) is 3.35. The van der Waals surface area contributed by atoms with Crippen LogP contribution in [0.25, 0.3) is 0 Å². The molecule has 1 aliphatic heterocycles. The number of rotatable bonds is 6. The number of nitro groups is 1. The molecule has 1 heterocycles. The van der Waals surface area contributed by atoms with Crippen LogP contribution in [-0.4, -0.2) is 31.0 Å². The van der Waals surface area contributed by atoms with Gasteiger partial charge in [-0.2, -0.15) is 0 Å². The van der Waals surface area contributed by atoms with E-state index >= 15 is 0 Å². The van der Waals surface area contributed by atoms with Gasteiger partial charge in [0.1, 0.15) is 5.82 Å². The minimum atomic E-state index is -0.472. The number of carbonyl (C=O) groups is 1. The summed E-state index contributed by atoms with van der Waals surface area (Å²) in [4.78, 5) is 25.0. The SMILES string of the molecule is COc1cc(N2CCC(C(=O)NCc3ccc(F)cc3)CC2)ccc1[N+](=O)[O-]. The van der Waals surface area contributed by atoms with Crippen molar-refractivity contribution in [1.82, 2.24) is 5.32 Å². The van der Waals surface area contributed by atoms with Gasteiger partial charge in [0.25, 0.3) is 0 Å². The second-order valence-electron chi connectivity index (χ2n) is 6.72. The van der Waals surface area contributed by atoms with E-state index < -0.39 is 4.92 Å². The summed E-state index contributed by atoms with van der Waals surface area (Å²) in [6, 6.07) is 10.9. The zero-order chi connectivity index (χ0) is 20.1. The molecule has 28 heavy (non-hydrogen) atoms. The first-order valence-corrected chi connectivity index (χ1v) is 9.07. The molecule has 7 nitrogen and oxygen atoms in total. The van der Waals surface area contributed by atoms with E-state index in [4.69, 9.17) is 4.74 Å². The summed E-state index contributed by atoms with van der Waals surface area (Å²) in [7, 11) is 1.41. The normalized spacial score (nSPS) is 14.6. The Bertz CT molecular complexity index is 849. The molecule has 8 heteroatoms. The smallest absolute Gasteiger partial charge is 0.311 e. The quantitative estimate of drug-likeness (QED) is 0.607. The molecule has 0 atom stereocenters. The predicted octanol–water partition coefficient (Wildman–Crippen LogP) is 3.28. The van der Waals surface area contributed by atoms with Gasteiger partial charge in [0, 0.05) is 43.4 Å². The van der Waals surface area contributed by atoms with Crippen molar-refractivity contribution in [3.05, 3.63) is 64.0 Å². The van der Waals surface area contributed by atoms with Gasteiger partial charge in [0.2, 0.25) is 5.91 Å². The lowest BCUT2D eigenvalue weighted by atomic mass is 9.95. The number of ether oxygens (including phenoxy) is 1.